The van der Waals surface area contributed by atoms with Gasteiger partial charge >= 0.3 is 5.97 Å². The highest BCUT2D eigenvalue weighted by Gasteiger charge is 2.28. The first-order chi connectivity index (χ1) is 5.92. The second kappa shape index (κ2) is 3.46. The Morgan fingerprint density at radius 3 is 2.69 bits per heavy atom. The molecule has 1 heterocycles. The van der Waals surface area contributed by atoms with E-state index in [1.54, 1.807) is 0 Å². The van der Waals surface area contributed by atoms with Crippen LogP contribution in [0.1, 0.15) is 26.7 Å². The molecule has 1 N–H and O–H groups in total. The Morgan fingerprint density at radius 2 is 2.23 bits per heavy atom. The molecule has 74 valence electrons. The second-order valence-electron chi connectivity index (χ2n) is 3.76. The van der Waals surface area contributed by atoms with Gasteiger partial charge in [0, 0.05) is 6.42 Å². The summed E-state index contributed by atoms with van der Waals surface area (Å²) in [4.78, 5) is 10.3. The van der Waals surface area contributed by atoms with Crippen LogP contribution in [0.3, 0.4) is 0 Å². The van der Waals surface area contributed by atoms with Crippen molar-refractivity contribution in [2.75, 3.05) is 6.61 Å². The van der Waals surface area contributed by atoms with Gasteiger partial charge < -0.3 is 9.84 Å². The fourth-order valence-corrected chi connectivity index (χ4v) is 1.44. The third-order valence-electron chi connectivity index (χ3n) is 2.03. The first-order valence-corrected chi connectivity index (χ1v) is 4.17. The third-order valence-corrected chi connectivity index (χ3v) is 2.03. The molecule has 3 nitrogen and oxygen atoms in total. The van der Waals surface area contributed by atoms with Gasteiger partial charge in [0.05, 0.1) is 12.2 Å². The third kappa shape index (κ3) is 2.52. The standard InChI is InChI=1S/C9H13FO3/c1-9(2)5-6(3-4-13-9)7(10)8(11)12/h3-5H2,1-2H3,(H,11,12). The van der Waals surface area contributed by atoms with Crippen LogP contribution in [0.25, 0.3) is 0 Å². The number of carboxylic acid groups (broad SMARTS) is 1. The summed E-state index contributed by atoms with van der Waals surface area (Å²) >= 11 is 0. The van der Waals surface area contributed by atoms with Crippen LogP contribution in [0.15, 0.2) is 11.4 Å². The monoisotopic (exact) mass is 188 g/mol. The summed E-state index contributed by atoms with van der Waals surface area (Å²) in [7, 11) is 0. The zero-order chi connectivity index (χ0) is 10.1. The summed E-state index contributed by atoms with van der Waals surface area (Å²) in [6.07, 6.45) is 0.729. The molecule has 0 atom stereocenters. The molecule has 4 heteroatoms. The number of aliphatic carboxylic acids is 1. The highest BCUT2D eigenvalue weighted by Crippen LogP contribution is 2.30. The number of carbonyl (C=O) groups is 1. The van der Waals surface area contributed by atoms with Crippen molar-refractivity contribution in [1.82, 2.24) is 0 Å². The van der Waals surface area contributed by atoms with Crippen molar-refractivity contribution in [3.05, 3.63) is 11.4 Å². The van der Waals surface area contributed by atoms with Crippen LogP contribution in [-0.4, -0.2) is 23.3 Å². The molecule has 1 saturated heterocycles. The lowest BCUT2D eigenvalue weighted by molar-refractivity contribution is -0.134. The summed E-state index contributed by atoms with van der Waals surface area (Å²) < 4.78 is 18.3. The van der Waals surface area contributed by atoms with Gasteiger partial charge in [0.25, 0.3) is 0 Å². The van der Waals surface area contributed by atoms with Gasteiger partial charge in [0.1, 0.15) is 0 Å². The molecule has 1 aliphatic rings. The second-order valence-corrected chi connectivity index (χ2v) is 3.76. The van der Waals surface area contributed by atoms with E-state index in [1.165, 1.54) is 0 Å². The SMILES string of the molecule is CC1(C)CC(=C(F)C(=O)O)CCO1. The maximum absolute atomic E-state index is 13.0. The smallest absolute Gasteiger partial charge is 0.364 e. The molecule has 1 aliphatic heterocycles. The molecule has 0 aromatic rings. The molecule has 0 radical (unpaired) electrons. The van der Waals surface area contributed by atoms with Gasteiger partial charge in [-0.15, -0.1) is 0 Å². The quantitative estimate of drug-likeness (QED) is 0.639. The molecule has 0 aromatic heterocycles. The topological polar surface area (TPSA) is 46.5 Å². The van der Waals surface area contributed by atoms with Gasteiger partial charge in [-0.25, -0.2) is 4.79 Å². The summed E-state index contributed by atoms with van der Waals surface area (Å²) in [5.41, 5.74) is -0.0934. The van der Waals surface area contributed by atoms with E-state index in [0.717, 1.165) is 0 Å². The minimum absolute atomic E-state index is 0.351. The molecule has 0 aliphatic carbocycles. The molecule has 0 unspecified atom stereocenters. The Bertz CT molecular complexity index is 256. The summed E-state index contributed by atoms with van der Waals surface area (Å²) in [6.45, 7) is 4.03. The van der Waals surface area contributed by atoms with Crippen molar-refractivity contribution in [3.63, 3.8) is 0 Å². The maximum Gasteiger partial charge on any atom is 0.364 e. The minimum atomic E-state index is -1.48. The fraction of sp³-hybridized carbons (Fsp3) is 0.667. The first kappa shape index (κ1) is 10.2. The molecule has 0 spiro atoms. The van der Waals surface area contributed by atoms with Gasteiger partial charge in [0.2, 0.25) is 5.83 Å². The van der Waals surface area contributed by atoms with Crippen molar-refractivity contribution >= 4 is 5.97 Å². The molecule has 0 bridgehead atoms. The molecule has 0 amide bonds. The molecular weight excluding hydrogens is 175 g/mol. The molecule has 1 fully saturated rings. The summed E-state index contributed by atoms with van der Waals surface area (Å²) in [5.74, 6) is -2.50. The Labute approximate surface area is 76.2 Å². The summed E-state index contributed by atoms with van der Waals surface area (Å²) in [5, 5.41) is 8.43. The highest BCUT2D eigenvalue weighted by atomic mass is 19.1. The molecule has 13 heavy (non-hydrogen) atoms. The van der Waals surface area contributed by atoms with Crippen molar-refractivity contribution in [2.45, 2.75) is 32.3 Å². The number of halogens is 1. The maximum atomic E-state index is 13.0. The van der Waals surface area contributed by atoms with Crippen LogP contribution >= 0.6 is 0 Å². The van der Waals surface area contributed by atoms with Gasteiger partial charge in [-0.2, -0.15) is 4.39 Å². The lowest BCUT2D eigenvalue weighted by Crippen LogP contribution is -2.31. The minimum Gasteiger partial charge on any atom is -0.476 e. The zero-order valence-electron chi connectivity index (χ0n) is 7.76. The normalized spacial score (nSPS) is 25.5. The lowest BCUT2D eigenvalue weighted by Gasteiger charge is -2.31. The van der Waals surface area contributed by atoms with Gasteiger partial charge in [-0.05, 0) is 25.8 Å². The largest absolute Gasteiger partial charge is 0.476 e. The van der Waals surface area contributed by atoms with E-state index in [1.807, 2.05) is 13.8 Å². The number of carboxylic acids is 1. The predicted molar refractivity (Wildman–Crippen MR) is 45.0 cm³/mol. The Kier molecular flexibility index (Phi) is 2.71. The average molecular weight is 188 g/mol. The van der Waals surface area contributed by atoms with Crippen LogP contribution in [0.5, 0.6) is 0 Å². The van der Waals surface area contributed by atoms with Crippen molar-refractivity contribution in [3.8, 4) is 0 Å². The molecular formula is C9H13FO3. The average Bonchev–Trinajstić information content (AvgIpc) is 2.01. The predicted octanol–water partition coefficient (Wildman–Crippen LogP) is 1.88. The van der Waals surface area contributed by atoms with Crippen LogP contribution in [0.2, 0.25) is 0 Å². The van der Waals surface area contributed by atoms with Crippen LogP contribution in [-0.2, 0) is 9.53 Å². The molecule has 0 aromatic carbocycles. The number of ether oxygens (including phenoxy) is 1. The Morgan fingerprint density at radius 1 is 1.62 bits per heavy atom. The van der Waals surface area contributed by atoms with Crippen LogP contribution < -0.4 is 0 Å². The van der Waals surface area contributed by atoms with Gasteiger partial charge in [-0.3, -0.25) is 0 Å². The Hall–Kier alpha value is -0.900. The lowest BCUT2D eigenvalue weighted by atomic mass is 9.93. The highest BCUT2D eigenvalue weighted by molar-refractivity contribution is 5.84. The van der Waals surface area contributed by atoms with E-state index in [0.29, 0.717) is 25.0 Å². The van der Waals surface area contributed by atoms with Crippen molar-refractivity contribution < 1.29 is 19.0 Å². The van der Waals surface area contributed by atoms with Crippen LogP contribution in [0, 0.1) is 0 Å². The van der Waals surface area contributed by atoms with Crippen molar-refractivity contribution in [2.24, 2.45) is 0 Å². The van der Waals surface area contributed by atoms with E-state index >= 15 is 0 Å². The Balaban J connectivity index is 2.82. The van der Waals surface area contributed by atoms with Crippen LogP contribution in [0.4, 0.5) is 4.39 Å². The number of rotatable bonds is 1. The van der Waals surface area contributed by atoms with E-state index in [-0.39, 0.29) is 0 Å². The van der Waals surface area contributed by atoms with Gasteiger partial charge in [0.15, 0.2) is 0 Å². The van der Waals surface area contributed by atoms with E-state index < -0.39 is 17.4 Å². The number of hydrogen-bond donors (Lipinski definition) is 1. The molecule has 1 rings (SSSR count). The fourth-order valence-electron chi connectivity index (χ4n) is 1.44. The molecule has 0 saturated carbocycles. The first-order valence-electron chi connectivity index (χ1n) is 4.17. The van der Waals surface area contributed by atoms with Gasteiger partial charge in [-0.1, -0.05) is 0 Å². The van der Waals surface area contributed by atoms with E-state index in [2.05, 4.69) is 0 Å². The van der Waals surface area contributed by atoms with E-state index in [4.69, 9.17) is 9.84 Å². The van der Waals surface area contributed by atoms with E-state index in [9.17, 15) is 9.18 Å². The zero-order valence-corrected chi connectivity index (χ0v) is 7.76. The number of hydrogen-bond acceptors (Lipinski definition) is 2. The van der Waals surface area contributed by atoms with Crippen molar-refractivity contribution in [1.29, 1.82) is 0 Å². The summed E-state index contributed by atoms with van der Waals surface area (Å²) in [6, 6.07) is 0.